The van der Waals surface area contributed by atoms with E-state index in [4.69, 9.17) is 5.73 Å². The number of fused-ring (bicyclic) bond motifs is 1. The summed E-state index contributed by atoms with van der Waals surface area (Å²) in [6.45, 7) is 0. The summed E-state index contributed by atoms with van der Waals surface area (Å²) in [5, 5.41) is 3.23. The maximum Gasteiger partial charge on any atom is 0.0514 e. The highest BCUT2D eigenvalue weighted by molar-refractivity contribution is 14.1. The normalized spacial score (nSPS) is 10.9. The van der Waals surface area contributed by atoms with Crippen LogP contribution in [-0.2, 0) is 0 Å². The number of rotatable bonds is 1. The van der Waals surface area contributed by atoms with Gasteiger partial charge in [0, 0.05) is 23.9 Å². The van der Waals surface area contributed by atoms with E-state index in [2.05, 4.69) is 41.0 Å². The topological polar surface area (TPSA) is 26.0 Å². The summed E-state index contributed by atoms with van der Waals surface area (Å²) in [4.78, 5) is 1.28. The van der Waals surface area contributed by atoms with Crippen LogP contribution < -0.4 is 5.73 Å². The van der Waals surface area contributed by atoms with Gasteiger partial charge in [0.25, 0.3) is 0 Å². The van der Waals surface area contributed by atoms with Gasteiger partial charge in [0.1, 0.15) is 0 Å². The van der Waals surface area contributed by atoms with E-state index in [1.807, 2.05) is 5.38 Å². The summed E-state index contributed by atoms with van der Waals surface area (Å²) in [5.41, 5.74) is 6.80. The molecule has 1 aromatic heterocycles. The summed E-state index contributed by atoms with van der Waals surface area (Å²) >= 11 is 5.81. The molecule has 68 valence electrons. The van der Waals surface area contributed by atoms with Gasteiger partial charge in [0.05, 0.1) is 5.69 Å². The molecule has 0 saturated heterocycles. The van der Waals surface area contributed by atoms with Gasteiger partial charge in [-0.2, -0.15) is 0 Å². The molecule has 1 heterocycles. The zero-order chi connectivity index (χ0) is 9.42. The predicted octanol–water partition coefficient (Wildman–Crippen LogP) is 3.81. The van der Waals surface area contributed by atoms with E-state index in [1.54, 1.807) is 23.1 Å². The minimum atomic E-state index is 0.903. The number of benzene rings is 1. The Labute approximate surface area is 98.8 Å². The molecule has 0 amide bonds. The molecule has 2 N–H and O–H groups in total. The van der Waals surface area contributed by atoms with E-state index in [0.29, 0.717) is 0 Å². The zero-order valence-corrected chi connectivity index (χ0v) is 10.8. The van der Waals surface area contributed by atoms with Crippen LogP contribution in [0, 0.1) is 3.57 Å². The molecular formula is C9H8INS2. The number of thioether (sulfide) groups is 1. The lowest BCUT2D eigenvalue weighted by Gasteiger charge is -2.01. The van der Waals surface area contributed by atoms with Crippen molar-refractivity contribution in [2.45, 2.75) is 4.90 Å². The first-order valence-corrected chi connectivity index (χ1v) is 6.91. The Kier molecular flexibility index (Phi) is 2.71. The van der Waals surface area contributed by atoms with Crippen molar-refractivity contribution >= 4 is 61.5 Å². The van der Waals surface area contributed by atoms with Gasteiger partial charge in [0.2, 0.25) is 0 Å². The molecule has 0 atom stereocenters. The van der Waals surface area contributed by atoms with Crippen LogP contribution in [0.5, 0.6) is 0 Å². The maximum atomic E-state index is 5.90. The summed E-state index contributed by atoms with van der Waals surface area (Å²) in [6, 6.07) is 4.35. The predicted molar refractivity (Wildman–Crippen MR) is 70.7 cm³/mol. The van der Waals surface area contributed by atoms with Crippen LogP contribution in [0.25, 0.3) is 10.1 Å². The Hall–Kier alpha value is 0.0600. The monoisotopic (exact) mass is 321 g/mol. The van der Waals surface area contributed by atoms with Gasteiger partial charge >= 0.3 is 0 Å². The highest BCUT2D eigenvalue weighted by Crippen LogP contribution is 2.36. The third-order valence-corrected chi connectivity index (χ3v) is 4.18. The molecule has 0 radical (unpaired) electrons. The van der Waals surface area contributed by atoms with Crippen molar-refractivity contribution in [3.8, 4) is 0 Å². The molecule has 1 aromatic carbocycles. The standard InChI is InChI=1S/C9H8INS2/c1-12-7-2-5(10)3-8-9(7)6(11)4-13-8/h2-4H,11H2,1H3. The molecule has 0 aliphatic heterocycles. The van der Waals surface area contributed by atoms with Crippen LogP contribution in [-0.4, -0.2) is 6.26 Å². The Morgan fingerprint density at radius 3 is 2.92 bits per heavy atom. The Morgan fingerprint density at radius 1 is 1.46 bits per heavy atom. The van der Waals surface area contributed by atoms with Gasteiger partial charge in [0.15, 0.2) is 0 Å². The van der Waals surface area contributed by atoms with Crippen molar-refractivity contribution in [2.75, 3.05) is 12.0 Å². The van der Waals surface area contributed by atoms with E-state index in [9.17, 15) is 0 Å². The molecule has 0 bridgehead atoms. The number of anilines is 1. The number of halogens is 1. The van der Waals surface area contributed by atoms with E-state index >= 15 is 0 Å². The second kappa shape index (κ2) is 3.67. The number of nitrogen functional groups attached to an aromatic ring is 1. The van der Waals surface area contributed by atoms with E-state index in [1.165, 1.54) is 18.6 Å². The largest absolute Gasteiger partial charge is 0.398 e. The molecule has 13 heavy (non-hydrogen) atoms. The van der Waals surface area contributed by atoms with Gasteiger partial charge in [-0.15, -0.1) is 23.1 Å². The van der Waals surface area contributed by atoms with Crippen LogP contribution in [0.3, 0.4) is 0 Å². The summed E-state index contributed by atoms with van der Waals surface area (Å²) in [7, 11) is 0. The molecule has 1 nitrogen and oxygen atoms in total. The first kappa shape index (κ1) is 9.61. The highest BCUT2D eigenvalue weighted by atomic mass is 127. The third-order valence-electron chi connectivity index (χ3n) is 1.85. The van der Waals surface area contributed by atoms with Gasteiger partial charge in [-0.05, 0) is 41.0 Å². The molecular weight excluding hydrogens is 313 g/mol. The highest BCUT2D eigenvalue weighted by Gasteiger charge is 2.07. The van der Waals surface area contributed by atoms with E-state index in [-0.39, 0.29) is 0 Å². The van der Waals surface area contributed by atoms with Crippen LogP contribution in [0.2, 0.25) is 0 Å². The molecule has 0 aliphatic rings. The summed E-state index contributed by atoms with van der Waals surface area (Å²) in [6.07, 6.45) is 2.09. The third kappa shape index (κ3) is 1.67. The summed E-state index contributed by atoms with van der Waals surface area (Å²) < 4.78 is 2.56. The fraction of sp³-hybridized carbons (Fsp3) is 0.111. The minimum Gasteiger partial charge on any atom is -0.398 e. The maximum absolute atomic E-state index is 5.90. The van der Waals surface area contributed by atoms with E-state index in [0.717, 1.165) is 5.69 Å². The number of thiophene rings is 1. The Morgan fingerprint density at radius 2 is 2.23 bits per heavy atom. The lowest BCUT2D eigenvalue weighted by Crippen LogP contribution is -1.83. The first-order valence-electron chi connectivity index (χ1n) is 3.72. The molecule has 4 heteroatoms. The van der Waals surface area contributed by atoms with Crippen LogP contribution in [0.1, 0.15) is 0 Å². The van der Waals surface area contributed by atoms with Crippen molar-refractivity contribution in [3.63, 3.8) is 0 Å². The molecule has 0 unspecified atom stereocenters. The van der Waals surface area contributed by atoms with Gasteiger partial charge in [-0.3, -0.25) is 0 Å². The van der Waals surface area contributed by atoms with Crippen molar-refractivity contribution < 1.29 is 0 Å². The number of hydrogen-bond donors (Lipinski definition) is 1. The summed E-state index contributed by atoms with van der Waals surface area (Å²) in [5.74, 6) is 0. The smallest absolute Gasteiger partial charge is 0.0514 e. The lowest BCUT2D eigenvalue weighted by molar-refractivity contribution is 1.54. The zero-order valence-electron chi connectivity index (χ0n) is 7.00. The van der Waals surface area contributed by atoms with Crippen LogP contribution in [0.4, 0.5) is 5.69 Å². The number of hydrogen-bond acceptors (Lipinski definition) is 3. The molecule has 0 spiro atoms. The Balaban J connectivity index is 2.85. The lowest BCUT2D eigenvalue weighted by atomic mass is 10.2. The molecule has 2 rings (SSSR count). The molecule has 0 aliphatic carbocycles. The number of nitrogens with two attached hydrogens (primary N) is 1. The van der Waals surface area contributed by atoms with Crippen molar-refractivity contribution in [1.82, 2.24) is 0 Å². The Bertz CT molecular complexity index is 450. The second-order valence-electron chi connectivity index (χ2n) is 2.67. The van der Waals surface area contributed by atoms with Gasteiger partial charge in [-0.25, -0.2) is 0 Å². The fourth-order valence-electron chi connectivity index (χ4n) is 1.28. The van der Waals surface area contributed by atoms with Crippen molar-refractivity contribution in [2.24, 2.45) is 0 Å². The average Bonchev–Trinajstić information content (AvgIpc) is 2.46. The van der Waals surface area contributed by atoms with Gasteiger partial charge < -0.3 is 5.73 Å². The molecule has 0 saturated carbocycles. The van der Waals surface area contributed by atoms with Crippen LogP contribution in [0.15, 0.2) is 22.4 Å². The van der Waals surface area contributed by atoms with E-state index < -0.39 is 0 Å². The molecule has 2 aromatic rings. The average molecular weight is 321 g/mol. The van der Waals surface area contributed by atoms with Gasteiger partial charge in [-0.1, -0.05) is 0 Å². The second-order valence-corrected chi connectivity index (χ2v) is 5.68. The fourth-order valence-corrected chi connectivity index (χ4v) is 3.98. The van der Waals surface area contributed by atoms with Crippen molar-refractivity contribution in [1.29, 1.82) is 0 Å². The quantitative estimate of drug-likeness (QED) is 0.638. The first-order chi connectivity index (χ1) is 6.22. The van der Waals surface area contributed by atoms with Crippen LogP contribution >= 0.6 is 45.7 Å². The SMILES string of the molecule is CSc1cc(I)cc2scc(N)c12. The molecule has 0 fully saturated rings. The minimum absolute atomic E-state index is 0.903. The van der Waals surface area contributed by atoms with Crippen molar-refractivity contribution in [3.05, 3.63) is 21.1 Å².